The standard InChI is InChI=1S/C28H61O3PS/c1-6-11-16-17-18-19-20-21-22-23-28-33(29,30)31-32(24-12-7-2,25-13-8-3,26-14-9-4)27-15-10-5/h6-28H2,1-5H3. The molecule has 0 radical (unpaired) electrons. The van der Waals surface area contributed by atoms with Gasteiger partial charge in [0.25, 0.3) is 0 Å². The van der Waals surface area contributed by atoms with Gasteiger partial charge >= 0.3 is 197 Å². The molecule has 0 spiro atoms. The fourth-order valence-corrected chi connectivity index (χ4v) is 15.6. The second kappa shape index (κ2) is 19.5. The molecule has 0 aromatic carbocycles. The minimum absolute atomic E-state index is 0.220. The molecule has 0 aromatic heterocycles. The molecule has 0 aliphatic carbocycles. The first kappa shape index (κ1) is 33.3. The van der Waals surface area contributed by atoms with Gasteiger partial charge in [0.2, 0.25) is 0 Å². The van der Waals surface area contributed by atoms with Crippen LogP contribution in [0, 0.1) is 0 Å². The van der Waals surface area contributed by atoms with Crippen LogP contribution in [0.1, 0.15) is 150 Å². The molecule has 0 rings (SSSR count). The fourth-order valence-electron chi connectivity index (χ4n) is 5.18. The average Bonchev–Trinajstić information content (AvgIpc) is 2.80. The van der Waals surface area contributed by atoms with E-state index >= 15 is 0 Å². The summed E-state index contributed by atoms with van der Waals surface area (Å²) >= 11 is 0. The van der Waals surface area contributed by atoms with Crippen LogP contribution < -0.4 is 0 Å². The molecule has 0 saturated carbocycles. The third kappa shape index (κ3) is 15.1. The second-order valence-corrected chi connectivity index (χ2v) is 18.3. The van der Waals surface area contributed by atoms with E-state index in [1.54, 1.807) is 0 Å². The molecule has 0 bridgehead atoms. The van der Waals surface area contributed by atoms with E-state index in [1.165, 1.54) is 44.9 Å². The third-order valence-corrected chi connectivity index (χ3v) is 16.6. The summed E-state index contributed by atoms with van der Waals surface area (Å²) in [6.07, 6.45) is 25.1. The maximum absolute atomic E-state index is 13.3. The Morgan fingerprint density at radius 3 is 1.09 bits per heavy atom. The van der Waals surface area contributed by atoms with Crippen LogP contribution in [-0.4, -0.2) is 38.8 Å². The molecule has 0 atom stereocenters. The van der Waals surface area contributed by atoms with Crippen LogP contribution in [0.2, 0.25) is 0 Å². The molecular weight excluding hydrogens is 447 g/mol. The first-order valence-corrected chi connectivity index (χ1v) is 19.2. The third-order valence-electron chi connectivity index (χ3n) is 7.38. The quantitative estimate of drug-likeness (QED) is 0.0910. The number of hydrogen-bond donors (Lipinski definition) is 0. The summed E-state index contributed by atoms with van der Waals surface area (Å²) < 4.78 is 33.3. The maximum atomic E-state index is 13.3. The molecule has 0 aliphatic heterocycles. The van der Waals surface area contributed by atoms with Gasteiger partial charge in [0.1, 0.15) is 0 Å². The van der Waals surface area contributed by atoms with Crippen molar-refractivity contribution in [1.29, 1.82) is 0 Å². The summed E-state index contributed by atoms with van der Waals surface area (Å²) in [4.78, 5) is 0. The zero-order chi connectivity index (χ0) is 24.9. The molecule has 0 saturated heterocycles. The van der Waals surface area contributed by atoms with Crippen molar-refractivity contribution in [2.75, 3.05) is 30.4 Å². The average molecular weight is 509 g/mol. The van der Waals surface area contributed by atoms with Crippen molar-refractivity contribution < 1.29 is 12.4 Å². The van der Waals surface area contributed by atoms with Crippen molar-refractivity contribution >= 4 is 16.9 Å². The molecule has 3 nitrogen and oxygen atoms in total. The molecule has 202 valence electrons. The Morgan fingerprint density at radius 2 is 0.758 bits per heavy atom. The molecule has 0 N–H and O–H groups in total. The van der Waals surface area contributed by atoms with Gasteiger partial charge in [-0.15, -0.1) is 0 Å². The van der Waals surface area contributed by atoms with E-state index in [0.717, 1.165) is 95.3 Å². The van der Waals surface area contributed by atoms with Crippen molar-refractivity contribution in [3.63, 3.8) is 0 Å². The Kier molecular flexibility index (Phi) is 19.7. The van der Waals surface area contributed by atoms with E-state index in [-0.39, 0.29) is 5.75 Å². The fraction of sp³-hybridized carbons (Fsp3) is 1.00. The van der Waals surface area contributed by atoms with Crippen LogP contribution in [0.4, 0.5) is 0 Å². The van der Waals surface area contributed by atoms with Gasteiger partial charge in [-0.1, -0.05) is 13.3 Å². The Morgan fingerprint density at radius 1 is 0.455 bits per heavy atom. The van der Waals surface area contributed by atoms with E-state index in [0.29, 0.717) is 0 Å². The molecule has 0 heterocycles. The predicted octanol–water partition coefficient (Wildman–Crippen LogP) is 9.92. The van der Waals surface area contributed by atoms with E-state index in [2.05, 4.69) is 34.6 Å². The van der Waals surface area contributed by atoms with Crippen molar-refractivity contribution in [2.24, 2.45) is 0 Å². The second-order valence-electron chi connectivity index (χ2n) is 10.7. The van der Waals surface area contributed by atoms with Gasteiger partial charge in [0.15, 0.2) is 0 Å². The predicted molar refractivity (Wildman–Crippen MR) is 153 cm³/mol. The molecule has 0 aliphatic rings. The van der Waals surface area contributed by atoms with Gasteiger partial charge in [0, 0.05) is 0 Å². The summed E-state index contributed by atoms with van der Waals surface area (Å²) in [5.74, 6) is 0.220. The molecule has 0 fully saturated rings. The number of hydrogen-bond acceptors (Lipinski definition) is 3. The van der Waals surface area contributed by atoms with Gasteiger partial charge in [-0.3, -0.25) is 0 Å². The summed E-state index contributed by atoms with van der Waals surface area (Å²) in [5.41, 5.74) is 0. The molecule has 33 heavy (non-hydrogen) atoms. The monoisotopic (exact) mass is 508 g/mol. The molecule has 0 aromatic rings. The number of rotatable bonds is 25. The first-order valence-electron chi connectivity index (χ1n) is 14.8. The molecular formula is C28H61O3PS. The van der Waals surface area contributed by atoms with Gasteiger partial charge in [-0.05, 0) is 0 Å². The van der Waals surface area contributed by atoms with Crippen molar-refractivity contribution in [2.45, 2.75) is 150 Å². The van der Waals surface area contributed by atoms with Crippen molar-refractivity contribution in [1.82, 2.24) is 0 Å². The van der Waals surface area contributed by atoms with Crippen LogP contribution in [0.3, 0.4) is 0 Å². The first-order chi connectivity index (χ1) is 15.8. The Labute approximate surface area is 209 Å². The van der Waals surface area contributed by atoms with Crippen molar-refractivity contribution in [3.8, 4) is 0 Å². The molecule has 0 unspecified atom stereocenters. The zero-order valence-electron chi connectivity index (χ0n) is 23.3. The van der Waals surface area contributed by atoms with Gasteiger partial charge in [-0.25, -0.2) is 0 Å². The van der Waals surface area contributed by atoms with E-state index in [9.17, 15) is 8.42 Å². The SMILES string of the molecule is CCCCCCCCCCCCS(=O)(=O)OP(CCCC)(CCCC)(CCCC)CCCC. The van der Waals surface area contributed by atoms with Gasteiger partial charge in [-0.2, -0.15) is 0 Å². The van der Waals surface area contributed by atoms with Gasteiger partial charge < -0.3 is 0 Å². The summed E-state index contributed by atoms with van der Waals surface area (Å²) in [5, 5.41) is 0. The molecule has 0 amide bonds. The minimum atomic E-state index is -3.47. The van der Waals surface area contributed by atoms with Gasteiger partial charge in [0.05, 0.1) is 0 Å². The Balaban J connectivity index is 5.06. The van der Waals surface area contributed by atoms with E-state index < -0.39 is 16.9 Å². The summed E-state index contributed by atoms with van der Waals surface area (Å²) in [6.45, 7) is 8.41. The van der Waals surface area contributed by atoms with Crippen LogP contribution >= 0.6 is 6.83 Å². The molecule has 5 heteroatoms. The topological polar surface area (TPSA) is 43.4 Å². The summed E-state index contributed by atoms with van der Waals surface area (Å²) in [7, 11) is -3.47. The van der Waals surface area contributed by atoms with Crippen LogP contribution in [0.5, 0.6) is 0 Å². The Hall–Kier alpha value is 0.340. The van der Waals surface area contributed by atoms with E-state index in [1.807, 2.05) is 0 Å². The normalized spacial score (nSPS) is 13.8. The zero-order valence-corrected chi connectivity index (χ0v) is 25.1. The summed E-state index contributed by atoms with van der Waals surface area (Å²) in [6, 6.07) is 0. The van der Waals surface area contributed by atoms with E-state index in [4.69, 9.17) is 3.97 Å². The van der Waals surface area contributed by atoms with Crippen molar-refractivity contribution in [3.05, 3.63) is 0 Å². The van der Waals surface area contributed by atoms with Crippen LogP contribution in [-0.2, 0) is 14.1 Å². The van der Waals surface area contributed by atoms with Crippen LogP contribution in [0.25, 0.3) is 0 Å². The van der Waals surface area contributed by atoms with Crippen LogP contribution in [0.15, 0.2) is 0 Å². The number of unbranched alkanes of at least 4 members (excludes halogenated alkanes) is 13. The Bertz CT molecular complexity index is 504.